The second-order valence-electron chi connectivity index (χ2n) is 6.22. The molecule has 0 radical (unpaired) electrons. The first-order chi connectivity index (χ1) is 13.2. The maximum Gasteiger partial charge on any atom is 0.253 e. The molecule has 0 aliphatic heterocycles. The van der Waals surface area contributed by atoms with Crippen LogP contribution in [0.25, 0.3) is 11.3 Å². The summed E-state index contributed by atoms with van der Waals surface area (Å²) in [5, 5.41) is 0. The topological polar surface area (TPSA) is 106 Å². The van der Waals surface area contributed by atoms with Crippen molar-refractivity contribution in [3.05, 3.63) is 70.0 Å². The Hall–Kier alpha value is -2.98. The molecule has 0 saturated heterocycles. The lowest BCUT2D eigenvalue weighted by Gasteiger charge is -2.13. The Kier molecular flexibility index (Phi) is 6.93. The number of hydrogen-bond acceptors (Lipinski definition) is 5. The smallest absolute Gasteiger partial charge is 0.253 e. The van der Waals surface area contributed by atoms with E-state index < -0.39 is 22.4 Å². The van der Waals surface area contributed by atoms with Crippen LogP contribution in [0.1, 0.15) is 11.4 Å². The van der Waals surface area contributed by atoms with Gasteiger partial charge in [-0.25, -0.2) is 18.7 Å². The van der Waals surface area contributed by atoms with E-state index in [1.54, 1.807) is 26.2 Å². The van der Waals surface area contributed by atoms with Crippen molar-refractivity contribution >= 4 is 10.8 Å². The van der Waals surface area contributed by atoms with Crippen LogP contribution in [0.2, 0.25) is 0 Å². The Morgan fingerprint density at radius 1 is 1.21 bits per heavy atom. The van der Waals surface area contributed by atoms with Crippen LogP contribution in [0.5, 0.6) is 11.5 Å². The van der Waals surface area contributed by atoms with E-state index in [2.05, 4.69) is 9.97 Å². The lowest BCUT2D eigenvalue weighted by atomic mass is 10.1. The van der Waals surface area contributed by atoms with Gasteiger partial charge in [0, 0.05) is 47.5 Å². The number of rotatable bonds is 5. The van der Waals surface area contributed by atoms with Gasteiger partial charge in [-0.2, -0.15) is 0 Å². The van der Waals surface area contributed by atoms with Crippen LogP contribution in [-0.2, 0) is 23.6 Å². The number of ether oxygens (including phenoxy) is 1. The summed E-state index contributed by atoms with van der Waals surface area (Å²) in [7, 11) is 0.432. The number of benzene rings is 1. The van der Waals surface area contributed by atoms with E-state index in [1.165, 1.54) is 17.0 Å². The maximum absolute atomic E-state index is 14.0. The summed E-state index contributed by atoms with van der Waals surface area (Å²) < 4.78 is 45.7. The molecule has 0 amide bonds. The molecule has 0 bridgehead atoms. The molecule has 0 spiro atoms. The Balaban J connectivity index is 0.00000300. The minimum Gasteiger partial charge on any atom is -0.450 e. The standard InChI is InChI=1S/C19H17F2N3O3S.H2O/c1-11-6-12(9-24(2)19(11)25)18-16(8-22-17(23-18)10-28(3)26)27-15-5-4-13(20)7-14(15)21;/h4-9H,10H2,1-3H3;1H2. The summed E-state index contributed by atoms with van der Waals surface area (Å²) in [6, 6.07) is 4.57. The molecule has 3 rings (SSSR count). The Labute approximate surface area is 167 Å². The van der Waals surface area contributed by atoms with Crippen molar-refractivity contribution in [2.75, 3.05) is 6.26 Å². The van der Waals surface area contributed by atoms with Gasteiger partial charge in [0.1, 0.15) is 17.3 Å². The third kappa shape index (κ3) is 5.09. The van der Waals surface area contributed by atoms with E-state index in [-0.39, 0.29) is 28.3 Å². The van der Waals surface area contributed by atoms with Gasteiger partial charge < -0.3 is 14.8 Å². The van der Waals surface area contributed by atoms with Crippen LogP contribution < -0.4 is 10.3 Å². The van der Waals surface area contributed by atoms with Crippen LogP contribution >= 0.6 is 0 Å². The van der Waals surface area contributed by atoms with Crippen molar-refractivity contribution in [1.82, 2.24) is 14.5 Å². The predicted molar refractivity (Wildman–Crippen MR) is 105 cm³/mol. The fraction of sp³-hybridized carbons (Fsp3) is 0.211. The van der Waals surface area contributed by atoms with Gasteiger partial charge in [-0.1, -0.05) is 0 Å². The van der Waals surface area contributed by atoms with Gasteiger partial charge in [0.15, 0.2) is 17.3 Å². The molecule has 1 atom stereocenters. The highest BCUT2D eigenvalue weighted by atomic mass is 32.2. The largest absolute Gasteiger partial charge is 0.450 e. The number of aromatic nitrogens is 3. The number of halogens is 2. The average molecular weight is 423 g/mol. The van der Waals surface area contributed by atoms with Gasteiger partial charge in [0.2, 0.25) is 0 Å². The molecule has 0 fully saturated rings. The van der Waals surface area contributed by atoms with Gasteiger partial charge in [-0.05, 0) is 25.1 Å². The molecule has 7 nitrogen and oxygen atoms in total. The molecule has 3 aromatic rings. The first-order valence-electron chi connectivity index (χ1n) is 8.21. The van der Waals surface area contributed by atoms with Crippen LogP contribution in [0.4, 0.5) is 8.78 Å². The normalized spacial score (nSPS) is 11.6. The van der Waals surface area contributed by atoms with E-state index in [0.717, 1.165) is 12.1 Å². The first kappa shape index (κ1) is 22.3. The molecule has 0 aliphatic carbocycles. The molecule has 2 aromatic heterocycles. The SMILES string of the molecule is Cc1cc(-c2nc(CS(C)=O)ncc2Oc2ccc(F)cc2F)cn(C)c1=O.O. The fourth-order valence-electron chi connectivity index (χ4n) is 2.62. The zero-order valence-electron chi connectivity index (χ0n) is 15.9. The molecular weight excluding hydrogens is 404 g/mol. The van der Waals surface area contributed by atoms with Crippen molar-refractivity contribution in [2.45, 2.75) is 12.7 Å². The van der Waals surface area contributed by atoms with Crippen molar-refractivity contribution in [3.8, 4) is 22.8 Å². The van der Waals surface area contributed by atoms with Crippen LogP contribution in [0.15, 0.2) is 41.5 Å². The Morgan fingerprint density at radius 2 is 1.93 bits per heavy atom. The maximum atomic E-state index is 14.0. The van der Waals surface area contributed by atoms with E-state index in [0.29, 0.717) is 28.7 Å². The van der Waals surface area contributed by atoms with Crippen LogP contribution in [0, 0.1) is 18.6 Å². The quantitative estimate of drug-likeness (QED) is 0.626. The molecule has 10 heteroatoms. The summed E-state index contributed by atoms with van der Waals surface area (Å²) in [6.07, 6.45) is 4.43. The zero-order valence-corrected chi connectivity index (χ0v) is 16.7. The lowest BCUT2D eigenvalue weighted by Crippen LogP contribution is -2.18. The van der Waals surface area contributed by atoms with Crippen molar-refractivity contribution in [1.29, 1.82) is 0 Å². The molecule has 29 heavy (non-hydrogen) atoms. The van der Waals surface area contributed by atoms with Crippen LogP contribution in [-0.4, -0.2) is 30.5 Å². The van der Waals surface area contributed by atoms with Crippen molar-refractivity contribution < 1.29 is 23.2 Å². The molecule has 2 N–H and O–H groups in total. The van der Waals surface area contributed by atoms with E-state index in [4.69, 9.17) is 4.74 Å². The minimum absolute atomic E-state index is 0. The molecule has 0 aliphatic rings. The number of aryl methyl sites for hydroxylation is 2. The average Bonchev–Trinajstić information content (AvgIpc) is 2.62. The van der Waals surface area contributed by atoms with Gasteiger partial charge in [0.25, 0.3) is 5.56 Å². The van der Waals surface area contributed by atoms with Gasteiger partial charge in [-0.15, -0.1) is 0 Å². The van der Waals surface area contributed by atoms with Crippen molar-refractivity contribution in [3.63, 3.8) is 0 Å². The second-order valence-corrected chi connectivity index (χ2v) is 7.66. The third-order valence-electron chi connectivity index (χ3n) is 3.89. The van der Waals surface area contributed by atoms with E-state index in [9.17, 15) is 17.8 Å². The number of hydrogen-bond donors (Lipinski definition) is 0. The van der Waals surface area contributed by atoms with Crippen molar-refractivity contribution in [2.24, 2.45) is 7.05 Å². The summed E-state index contributed by atoms with van der Waals surface area (Å²) in [6.45, 7) is 1.66. The highest BCUT2D eigenvalue weighted by molar-refractivity contribution is 7.83. The molecule has 1 unspecified atom stereocenters. The Bertz CT molecular complexity index is 1110. The zero-order chi connectivity index (χ0) is 20.4. The summed E-state index contributed by atoms with van der Waals surface area (Å²) in [5.74, 6) is -1.23. The third-order valence-corrected chi connectivity index (χ3v) is 4.55. The number of pyridine rings is 1. The molecule has 154 valence electrons. The van der Waals surface area contributed by atoms with Gasteiger partial charge in [0.05, 0.1) is 11.9 Å². The summed E-state index contributed by atoms with van der Waals surface area (Å²) in [5.41, 5.74) is 1.17. The minimum atomic E-state index is -1.17. The molecular formula is C19H19F2N3O4S. The van der Waals surface area contributed by atoms with E-state index in [1.807, 2.05) is 0 Å². The molecule has 0 saturated carbocycles. The summed E-state index contributed by atoms with van der Waals surface area (Å²) >= 11 is 0. The monoisotopic (exact) mass is 423 g/mol. The molecule has 1 aromatic carbocycles. The Morgan fingerprint density at radius 3 is 2.55 bits per heavy atom. The van der Waals surface area contributed by atoms with Gasteiger partial charge in [-0.3, -0.25) is 9.00 Å². The van der Waals surface area contributed by atoms with Gasteiger partial charge >= 0.3 is 0 Å². The lowest BCUT2D eigenvalue weighted by molar-refractivity contribution is 0.435. The fourth-order valence-corrected chi connectivity index (χ4v) is 3.13. The highest BCUT2D eigenvalue weighted by Gasteiger charge is 2.16. The predicted octanol–water partition coefficient (Wildman–Crippen LogP) is 2.28. The van der Waals surface area contributed by atoms with Crippen LogP contribution in [0.3, 0.4) is 0 Å². The molecule has 2 heterocycles. The highest BCUT2D eigenvalue weighted by Crippen LogP contribution is 2.32. The first-order valence-corrected chi connectivity index (χ1v) is 9.94. The summed E-state index contributed by atoms with van der Waals surface area (Å²) in [4.78, 5) is 20.5. The number of nitrogens with zero attached hydrogens (tertiary/aromatic N) is 3. The second kappa shape index (κ2) is 9.01. The van der Waals surface area contributed by atoms with E-state index >= 15 is 0 Å².